The van der Waals surface area contributed by atoms with Crippen LogP contribution in [0.4, 0.5) is 8.78 Å². The first-order valence-electron chi connectivity index (χ1n) is 6.52. The van der Waals surface area contributed by atoms with Crippen molar-refractivity contribution < 1.29 is 8.78 Å². The lowest BCUT2D eigenvalue weighted by Gasteiger charge is -2.17. The monoisotopic (exact) mass is 252 g/mol. The quantitative estimate of drug-likeness (QED) is 0.888. The van der Waals surface area contributed by atoms with Crippen molar-refractivity contribution in [1.82, 2.24) is 10.2 Å². The molecule has 0 spiro atoms. The third-order valence-corrected chi connectivity index (χ3v) is 4.10. The van der Waals surface area contributed by atoms with Crippen LogP contribution in [-0.2, 0) is 6.54 Å². The lowest BCUT2D eigenvalue weighted by atomic mass is 10.0. The molecule has 0 aromatic heterocycles. The zero-order valence-corrected chi connectivity index (χ0v) is 10.3. The van der Waals surface area contributed by atoms with E-state index in [1.54, 1.807) is 12.1 Å². The van der Waals surface area contributed by atoms with Gasteiger partial charge in [0.25, 0.3) is 6.43 Å². The fourth-order valence-electron chi connectivity index (χ4n) is 3.11. The van der Waals surface area contributed by atoms with E-state index in [4.69, 9.17) is 0 Å². The van der Waals surface area contributed by atoms with Gasteiger partial charge in [-0.05, 0) is 30.5 Å². The summed E-state index contributed by atoms with van der Waals surface area (Å²) in [5, 5.41) is 3.42. The first-order valence-corrected chi connectivity index (χ1v) is 6.52. The predicted molar refractivity (Wildman–Crippen MR) is 66.5 cm³/mol. The Hall–Kier alpha value is -1.00. The van der Waals surface area contributed by atoms with Crippen LogP contribution in [0, 0.1) is 11.8 Å². The standard InChI is InChI=1S/C14H18F2N2/c15-14(16)11-3-1-10(2-4-11)7-18-8-12-5-17-6-13(12)9-18/h1-4,12-14,17H,5-9H2. The van der Waals surface area contributed by atoms with Crippen molar-refractivity contribution in [2.75, 3.05) is 26.2 Å². The summed E-state index contributed by atoms with van der Waals surface area (Å²) in [7, 11) is 0. The molecule has 18 heavy (non-hydrogen) atoms. The highest BCUT2D eigenvalue weighted by atomic mass is 19.3. The van der Waals surface area contributed by atoms with Crippen molar-refractivity contribution in [2.45, 2.75) is 13.0 Å². The second kappa shape index (κ2) is 4.94. The van der Waals surface area contributed by atoms with Gasteiger partial charge in [0.1, 0.15) is 0 Å². The summed E-state index contributed by atoms with van der Waals surface area (Å²) >= 11 is 0. The van der Waals surface area contributed by atoms with Crippen molar-refractivity contribution in [1.29, 1.82) is 0 Å². The lowest BCUT2D eigenvalue weighted by Crippen LogP contribution is -2.25. The number of likely N-dealkylation sites (tertiary alicyclic amines) is 1. The highest BCUT2D eigenvalue weighted by molar-refractivity contribution is 5.23. The van der Waals surface area contributed by atoms with E-state index in [0.29, 0.717) is 0 Å². The van der Waals surface area contributed by atoms with Gasteiger partial charge in [-0.25, -0.2) is 8.78 Å². The highest BCUT2D eigenvalue weighted by Gasteiger charge is 2.35. The molecule has 2 aliphatic heterocycles. The fourth-order valence-corrected chi connectivity index (χ4v) is 3.11. The lowest BCUT2D eigenvalue weighted by molar-refractivity contribution is 0.151. The Morgan fingerprint density at radius 2 is 1.72 bits per heavy atom. The first-order chi connectivity index (χ1) is 8.72. The van der Waals surface area contributed by atoms with E-state index in [2.05, 4.69) is 10.2 Å². The number of benzene rings is 1. The molecule has 1 N–H and O–H groups in total. The number of alkyl halides is 2. The summed E-state index contributed by atoms with van der Waals surface area (Å²) in [6.07, 6.45) is -2.36. The van der Waals surface area contributed by atoms with Crippen LogP contribution in [0.15, 0.2) is 24.3 Å². The highest BCUT2D eigenvalue weighted by Crippen LogP contribution is 2.27. The third-order valence-electron chi connectivity index (χ3n) is 4.10. The van der Waals surface area contributed by atoms with Crippen LogP contribution in [0.3, 0.4) is 0 Å². The first kappa shape index (κ1) is 12.1. The molecule has 2 nitrogen and oxygen atoms in total. The molecule has 1 aromatic rings. The zero-order valence-electron chi connectivity index (χ0n) is 10.3. The Bertz CT molecular complexity index is 393. The van der Waals surface area contributed by atoms with Crippen LogP contribution in [0.2, 0.25) is 0 Å². The molecule has 2 heterocycles. The Morgan fingerprint density at radius 3 is 2.28 bits per heavy atom. The summed E-state index contributed by atoms with van der Waals surface area (Å²) in [6, 6.07) is 6.73. The maximum absolute atomic E-state index is 12.4. The van der Waals surface area contributed by atoms with Crippen molar-refractivity contribution in [3.63, 3.8) is 0 Å². The van der Waals surface area contributed by atoms with Gasteiger partial charge in [0.2, 0.25) is 0 Å². The minimum absolute atomic E-state index is 0.112. The number of nitrogens with one attached hydrogen (secondary N) is 1. The molecular weight excluding hydrogens is 234 g/mol. The number of fused-ring (bicyclic) bond motifs is 1. The van der Waals surface area contributed by atoms with E-state index in [1.165, 1.54) is 0 Å². The summed E-state index contributed by atoms with van der Waals surface area (Å²) in [4.78, 5) is 2.44. The van der Waals surface area contributed by atoms with E-state index in [1.807, 2.05) is 12.1 Å². The number of hydrogen-bond acceptors (Lipinski definition) is 2. The maximum Gasteiger partial charge on any atom is 0.263 e. The molecule has 1 aromatic carbocycles. The van der Waals surface area contributed by atoms with Gasteiger partial charge in [-0.3, -0.25) is 4.90 Å². The molecule has 0 amide bonds. The van der Waals surface area contributed by atoms with Gasteiger partial charge < -0.3 is 5.32 Å². The Morgan fingerprint density at radius 1 is 1.11 bits per heavy atom. The van der Waals surface area contributed by atoms with Crippen LogP contribution in [0.25, 0.3) is 0 Å². The topological polar surface area (TPSA) is 15.3 Å². The van der Waals surface area contributed by atoms with Crippen molar-refractivity contribution >= 4 is 0 Å². The molecule has 4 heteroatoms. The van der Waals surface area contributed by atoms with E-state index < -0.39 is 6.43 Å². The fraction of sp³-hybridized carbons (Fsp3) is 0.571. The van der Waals surface area contributed by atoms with Crippen molar-refractivity contribution in [3.8, 4) is 0 Å². The van der Waals surface area contributed by atoms with Gasteiger partial charge in [-0.1, -0.05) is 24.3 Å². The Balaban J connectivity index is 1.60. The van der Waals surface area contributed by atoms with E-state index in [0.717, 1.165) is 50.1 Å². The second-order valence-corrected chi connectivity index (χ2v) is 5.41. The maximum atomic E-state index is 12.4. The van der Waals surface area contributed by atoms with Gasteiger partial charge in [-0.2, -0.15) is 0 Å². The van der Waals surface area contributed by atoms with Crippen molar-refractivity contribution in [3.05, 3.63) is 35.4 Å². The van der Waals surface area contributed by atoms with E-state index >= 15 is 0 Å². The summed E-state index contributed by atoms with van der Waals surface area (Å²) in [5.74, 6) is 1.57. The van der Waals surface area contributed by atoms with E-state index in [9.17, 15) is 8.78 Å². The molecule has 2 atom stereocenters. The molecule has 2 aliphatic rings. The van der Waals surface area contributed by atoms with Crippen LogP contribution >= 0.6 is 0 Å². The molecule has 3 rings (SSSR count). The molecular formula is C14H18F2N2. The number of halogens is 2. The Kier molecular flexibility index (Phi) is 3.31. The largest absolute Gasteiger partial charge is 0.316 e. The summed E-state index contributed by atoms with van der Waals surface area (Å²) in [5.41, 5.74) is 1.24. The second-order valence-electron chi connectivity index (χ2n) is 5.41. The predicted octanol–water partition coefficient (Wildman–Crippen LogP) is 2.28. The van der Waals surface area contributed by atoms with Gasteiger partial charge in [-0.15, -0.1) is 0 Å². The Labute approximate surface area is 106 Å². The number of rotatable bonds is 3. The summed E-state index contributed by atoms with van der Waals surface area (Å²) < 4.78 is 24.9. The molecule has 2 fully saturated rings. The van der Waals surface area contributed by atoms with Crippen molar-refractivity contribution in [2.24, 2.45) is 11.8 Å². The molecule has 2 saturated heterocycles. The van der Waals surface area contributed by atoms with Crippen LogP contribution in [-0.4, -0.2) is 31.1 Å². The van der Waals surface area contributed by atoms with Crippen LogP contribution < -0.4 is 5.32 Å². The van der Waals surface area contributed by atoms with Crippen LogP contribution in [0.5, 0.6) is 0 Å². The minimum Gasteiger partial charge on any atom is -0.316 e. The van der Waals surface area contributed by atoms with Gasteiger partial charge in [0.15, 0.2) is 0 Å². The van der Waals surface area contributed by atoms with Gasteiger partial charge >= 0.3 is 0 Å². The summed E-state index contributed by atoms with van der Waals surface area (Å²) in [6.45, 7) is 5.41. The molecule has 98 valence electrons. The average molecular weight is 252 g/mol. The molecule has 0 bridgehead atoms. The smallest absolute Gasteiger partial charge is 0.263 e. The molecule has 0 radical (unpaired) electrons. The van der Waals surface area contributed by atoms with Crippen LogP contribution in [0.1, 0.15) is 17.6 Å². The molecule has 0 aliphatic carbocycles. The molecule has 0 saturated carbocycles. The minimum atomic E-state index is -2.36. The number of nitrogens with zero attached hydrogens (tertiary/aromatic N) is 1. The SMILES string of the molecule is FC(F)c1ccc(CN2CC3CNCC3C2)cc1. The average Bonchev–Trinajstić information content (AvgIpc) is 2.90. The zero-order chi connectivity index (χ0) is 12.5. The normalized spacial score (nSPS) is 27.9. The third kappa shape index (κ3) is 2.40. The van der Waals surface area contributed by atoms with E-state index in [-0.39, 0.29) is 5.56 Å². The van der Waals surface area contributed by atoms with Gasteiger partial charge in [0.05, 0.1) is 0 Å². The molecule has 2 unspecified atom stereocenters. The van der Waals surface area contributed by atoms with Gasteiger partial charge in [0, 0.05) is 25.2 Å². The number of hydrogen-bond donors (Lipinski definition) is 1.